The molecule has 94 valence electrons. The maximum Gasteiger partial charge on any atom is 0.264 e. The summed E-state index contributed by atoms with van der Waals surface area (Å²) < 4.78 is 24.5. The van der Waals surface area contributed by atoms with E-state index in [0.29, 0.717) is 4.47 Å². The Hall–Kier alpha value is -0.960. The number of aromatic carboxylic acids is 1. The normalized spacial score (nSPS) is 11.8. The average molecular weight is 323 g/mol. The number of rotatable bonds is 4. The van der Waals surface area contributed by atoms with Crippen molar-refractivity contribution in [3.63, 3.8) is 0 Å². The fourth-order valence-electron chi connectivity index (χ4n) is 1.07. The van der Waals surface area contributed by atoms with Gasteiger partial charge < -0.3 is 9.90 Å². The van der Waals surface area contributed by atoms with E-state index in [1.807, 2.05) is 0 Å². The van der Waals surface area contributed by atoms with Gasteiger partial charge in [0.05, 0.1) is 18.0 Å². The Balaban J connectivity index is 3.35. The van der Waals surface area contributed by atoms with Crippen LogP contribution >= 0.6 is 15.9 Å². The number of carboxylic acids is 1. The standard InChI is InChI=1S/C9H10BrNO5S/c1-11(16-2)17(14,15)6-3-4-8(10)7(5-6)9(12)13/h3-5H,1-2H3,(H,12,13)/p-1. The van der Waals surface area contributed by atoms with E-state index >= 15 is 0 Å². The first kappa shape index (κ1) is 14.1. The Kier molecular flexibility index (Phi) is 4.26. The third kappa shape index (κ3) is 2.83. The molecule has 0 fully saturated rings. The summed E-state index contributed by atoms with van der Waals surface area (Å²) in [4.78, 5) is 15.1. The van der Waals surface area contributed by atoms with Gasteiger partial charge in [0.25, 0.3) is 10.0 Å². The molecular formula is C9H9BrNO5S-. The molecule has 8 heteroatoms. The van der Waals surface area contributed by atoms with E-state index in [1.165, 1.54) is 26.3 Å². The van der Waals surface area contributed by atoms with Crippen molar-refractivity contribution in [2.45, 2.75) is 4.90 Å². The first-order valence-corrected chi connectivity index (χ1v) is 6.58. The van der Waals surface area contributed by atoms with E-state index in [4.69, 9.17) is 0 Å². The zero-order valence-electron chi connectivity index (χ0n) is 9.01. The van der Waals surface area contributed by atoms with E-state index in [1.54, 1.807) is 0 Å². The number of nitrogens with zero attached hydrogens (tertiary/aromatic N) is 1. The van der Waals surface area contributed by atoms with Gasteiger partial charge in [0.1, 0.15) is 0 Å². The molecule has 0 N–H and O–H groups in total. The van der Waals surface area contributed by atoms with E-state index < -0.39 is 16.0 Å². The van der Waals surface area contributed by atoms with Gasteiger partial charge in [0.2, 0.25) is 0 Å². The largest absolute Gasteiger partial charge is 0.545 e. The molecule has 0 spiro atoms. The van der Waals surface area contributed by atoms with Crippen molar-refractivity contribution in [2.75, 3.05) is 14.2 Å². The number of sulfonamides is 1. The first-order valence-electron chi connectivity index (χ1n) is 4.34. The lowest BCUT2D eigenvalue weighted by molar-refractivity contribution is -0.255. The summed E-state index contributed by atoms with van der Waals surface area (Å²) in [6.45, 7) is 0. The Bertz CT molecular complexity index is 542. The van der Waals surface area contributed by atoms with Gasteiger partial charge in [0, 0.05) is 17.1 Å². The molecule has 0 bridgehead atoms. The van der Waals surface area contributed by atoms with Crippen LogP contribution in [0.3, 0.4) is 0 Å². The molecule has 0 aliphatic carbocycles. The minimum atomic E-state index is -3.86. The number of carboxylic acid groups (broad SMARTS) is 1. The summed E-state index contributed by atoms with van der Waals surface area (Å²) in [5, 5.41) is 10.8. The molecule has 17 heavy (non-hydrogen) atoms. The van der Waals surface area contributed by atoms with Gasteiger partial charge in [-0.2, -0.15) is 0 Å². The predicted molar refractivity (Wildman–Crippen MR) is 60.4 cm³/mol. The molecule has 1 aromatic carbocycles. The molecule has 6 nitrogen and oxygen atoms in total. The Morgan fingerprint density at radius 3 is 2.53 bits per heavy atom. The molecule has 0 heterocycles. The Morgan fingerprint density at radius 2 is 2.06 bits per heavy atom. The minimum absolute atomic E-state index is 0.191. The average Bonchev–Trinajstić information content (AvgIpc) is 2.27. The van der Waals surface area contributed by atoms with Gasteiger partial charge in [-0.1, -0.05) is 20.4 Å². The summed E-state index contributed by atoms with van der Waals surface area (Å²) in [7, 11) is -1.47. The summed E-state index contributed by atoms with van der Waals surface area (Å²) in [6.07, 6.45) is 0. The van der Waals surface area contributed by atoms with E-state index in [0.717, 1.165) is 6.07 Å². The highest BCUT2D eigenvalue weighted by atomic mass is 79.9. The van der Waals surface area contributed by atoms with Gasteiger partial charge in [-0.3, -0.25) is 4.84 Å². The van der Waals surface area contributed by atoms with Crippen molar-refractivity contribution in [3.05, 3.63) is 28.2 Å². The molecule has 0 atom stereocenters. The molecule has 0 saturated heterocycles. The molecular weight excluding hydrogens is 314 g/mol. The molecule has 0 aliphatic rings. The third-order valence-electron chi connectivity index (χ3n) is 2.05. The molecule has 1 rings (SSSR count). The van der Waals surface area contributed by atoms with Crippen LogP contribution in [0.1, 0.15) is 10.4 Å². The molecule has 0 amide bonds. The van der Waals surface area contributed by atoms with Crippen LogP contribution < -0.4 is 5.11 Å². The van der Waals surface area contributed by atoms with Crippen LogP contribution in [0, 0.1) is 0 Å². The maximum atomic E-state index is 11.8. The van der Waals surface area contributed by atoms with Crippen molar-refractivity contribution in [1.29, 1.82) is 0 Å². The molecule has 0 aromatic heterocycles. The second kappa shape index (κ2) is 5.13. The van der Waals surface area contributed by atoms with Crippen molar-refractivity contribution < 1.29 is 23.2 Å². The monoisotopic (exact) mass is 322 g/mol. The topological polar surface area (TPSA) is 86.7 Å². The highest BCUT2D eigenvalue weighted by Gasteiger charge is 2.21. The lowest BCUT2D eigenvalue weighted by Gasteiger charge is -2.15. The maximum absolute atomic E-state index is 11.8. The fourth-order valence-corrected chi connectivity index (χ4v) is 2.48. The van der Waals surface area contributed by atoms with Gasteiger partial charge in [-0.15, -0.1) is 0 Å². The zero-order chi connectivity index (χ0) is 13.2. The lowest BCUT2D eigenvalue weighted by atomic mass is 10.2. The SMILES string of the molecule is CON(C)S(=O)(=O)c1ccc(Br)c(C(=O)[O-])c1. The van der Waals surface area contributed by atoms with Crippen LogP contribution in [-0.4, -0.2) is 33.0 Å². The number of halogens is 1. The highest BCUT2D eigenvalue weighted by Crippen LogP contribution is 2.22. The quantitative estimate of drug-likeness (QED) is 0.728. The van der Waals surface area contributed by atoms with Gasteiger partial charge >= 0.3 is 0 Å². The second-order valence-electron chi connectivity index (χ2n) is 3.03. The van der Waals surface area contributed by atoms with Gasteiger partial charge in [0.15, 0.2) is 0 Å². The van der Waals surface area contributed by atoms with Gasteiger partial charge in [-0.05, 0) is 18.2 Å². The number of benzene rings is 1. The fraction of sp³-hybridized carbons (Fsp3) is 0.222. The first-order chi connectivity index (χ1) is 7.80. The van der Waals surface area contributed by atoms with Crippen LogP contribution in [0.5, 0.6) is 0 Å². The smallest absolute Gasteiger partial charge is 0.264 e. The van der Waals surface area contributed by atoms with Crippen molar-refractivity contribution in [3.8, 4) is 0 Å². The summed E-state index contributed by atoms with van der Waals surface area (Å²) in [6, 6.07) is 3.59. The van der Waals surface area contributed by atoms with Crippen molar-refractivity contribution in [1.82, 2.24) is 4.47 Å². The summed E-state index contributed by atoms with van der Waals surface area (Å²) in [5.74, 6) is -1.46. The Morgan fingerprint density at radius 1 is 1.47 bits per heavy atom. The molecule has 1 aromatic rings. The van der Waals surface area contributed by atoms with Crippen molar-refractivity contribution in [2.24, 2.45) is 0 Å². The third-order valence-corrected chi connectivity index (χ3v) is 4.42. The summed E-state index contributed by atoms with van der Waals surface area (Å²) in [5.41, 5.74) is -0.240. The number of hydrogen-bond donors (Lipinski definition) is 0. The van der Waals surface area contributed by atoms with Crippen molar-refractivity contribution >= 4 is 31.9 Å². The minimum Gasteiger partial charge on any atom is -0.545 e. The number of hydrogen-bond acceptors (Lipinski definition) is 5. The Labute approximate surface area is 107 Å². The molecule has 0 saturated carbocycles. The number of hydroxylamine groups is 1. The van der Waals surface area contributed by atoms with Crippen LogP contribution in [0.25, 0.3) is 0 Å². The van der Waals surface area contributed by atoms with Crippen LogP contribution in [0.2, 0.25) is 0 Å². The van der Waals surface area contributed by atoms with Crippen LogP contribution in [0.4, 0.5) is 0 Å². The second-order valence-corrected chi connectivity index (χ2v) is 5.82. The van der Waals surface area contributed by atoms with Crippen LogP contribution in [0.15, 0.2) is 27.6 Å². The van der Waals surface area contributed by atoms with Crippen LogP contribution in [-0.2, 0) is 14.9 Å². The highest BCUT2D eigenvalue weighted by molar-refractivity contribution is 9.10. The molecule has 0 unspecified atom stereocenters. The van der Waals surface area contributed by atoms with E-state index in [2.05, 4.69) is 20.8 Å². The molecule has 0 radical (unpaired) electrons. The number of carbonyl (C=O) groups is 1. The van der Waals surface area contributed by atoms with E-state index in [9.17, 15) is 18.3 Å². The lowest BCUT2D eigenvalue weighted by Crippen LogP contribution is -2.27. The van der Waals surface area contributed by atoms with E-state index in [-0.39, 0.29) is 14.9 Å². The van der Waals surface area contributed by atoms with Gasteiger partial charge in [-0.25, -0.2) is 8.42 Å². The molecule has 0 aliphatic heterocycles. The summed E-state index contributed by atoms with van der Waals surface area (Å²) >= 11 is 2.99. The number of carbonyl (C=O) groups excluding carboxylic acids is 1. The zero-order valence-corrected chi connectivity index (χ0v) is 11.4. The predicted octanol–water partition coefficient (Wildman–Crippen LogP) is -0.00550.